The van der Waals surface area contributed by atoms with Crippen LogP contribution in [0.1, 0.15) is 16.7 Å². The van der Waals surface area contributed by atoms with E-state index in [1.807, 2.05) is 19.1 Å². The molecule has 0 unspecified atom stereocenters. The van der Waals surface area contributed by atoms with Gasteiger partial charge in [-0.15, -0.1) is 0 Å². The molecule has 0 radical (unpaired) electrons. The van der Waals surface area contributed by atoms with E-state index in [1.165, 1.54) is 13.2 Å². The summed E-state index contributed by atoms with van der Waals surface area (Å²) in [5.74, 6) is 0.270. The summed E-state index contributed by atoms with van der Waals surface area (Å²) < 4.78 is 19.0. The van der Waals surface area contributed by atoms with Gasteiger partial charge in [0.1, 0.15) is 17.6 Å². The van der Waals surface area contributed by atoms with Gasteiger partial charge in [0.2, 0.25) is 0 Å². The number of hydrogen-bond acceptors (Lipinski definition) is 3. The van der Waals surface area contributed by atoms with E-state index < -0.39 is 0 Å². The van der Waals surface area contributed by atoms with E-state index in [0.29, 0.717) is 22.3 Å². The molecule has 0 fully saturated rings. The Bertz CT molecular complexity index is 710. The van der Waals surface area contributed by atoms with Gasteiger partial charge in [-0.1, -0.05) is 6.07 Å². The lowest BCUT2D eigenvalue weighted by molar-refractivity contribution is 0.413. The van der Waals surface area contributed by atoms with Gasteiger partial charge in [-0.3, -0.25) is 0 Å². The van der Waals surface area contributed by atoms with Crippen molar-refractivity contribution in [2.24, 2.45) is 0 Å². The Balaban J connectivity index is 2.17. The van der Waals surface area contributed by atoms with Crippen molar-refractivity contribution >= 4 is 21.6 Å². The molecule has 0 atom stereocenters. The van der Waals surface area contributed by atoms with Crippen LogP contribution in [0.15, 0.2) is 34.8 Å². The average molecular weight is 349 g/mol. The highest BCUT2D eigenvalue weighted by Gasteiger charge is 2.07. The summed E-state index contributed by atoms with van der Waals surface area (Å²) >= 11 is 3.18. The predicted molar refractivity (Wildman–Crippen MR) is 83.9 cm³/mol. The van der Waals surface area contributed by atoms with Crippen molar-refractivity contribution in [2.75, 3.05) is 12.4 Å². The lowest BCUT2D eigenvalue weighted by atomic mass is 10.1. The summed E-state index contributed by atoms with van der Waals surface area (Å²) in [6.07, 6.45) is 0. The zero-order valence-corrected chi connectivity index (χ0v) is 13.3. The fourth-order valence-electron chi connectivity index (χ4n) is 1.97. The molecular weight excluding hydrogens is 335 g/mol. The molecule has 0 aliphatic rings. The summed E-state index contributed by atoms with van der Waals surface area (Å²) in [5, 5.41) is 12.2. The van der Waals surface area contributed by atoms with Gasteiger partial charge in [0.15, 0.2) is 0 Å². The number of anilines is 1. The topological polar surface area (TPSA) is 45.0 Å². The molecule has 0 heterocycles. The van der Waals surface area contributed by atoms with E-state index in [4.69, 9.17) is 10.00 Å². The van der Waals surface area contributed by atoms with Gasteiger partial charge in [-0.2, -0.15) is 5.26 Å². The Hall–Kier alpha value is -2.06. The molecule has 0 bridgehead atoms. The minimum atomic E-state index is -0.280. The second kappa shape index (κ2) is 6.59. The van der Waals surface area contributed by atoms with Crippen LogP contribution in [0, 0.1) is 24.1 Å². The third-order valence-corrected chi connectivity index (χ3v) is 3.74. The maximum Gasteiger partial charge on any atom is 0.137 e. The molecular formula is C16H14BrFN2O. The summed E-state index contributed by atoms with van der Waals surface area (Å²) in [6, 6.07) is 10.7. The zero-order valence-electron chi connectivity index (χ0n) is 11.7. The molecule has 0 saturated heterocycles. The summed E-state index contributed by atoms with van der Waals surface area (Å²) in [4.78, 5) is 0. The van der Waals surface area contributed by atoms with E-state index in [2.05, 4.69) is 27.3 Å². The third-order valence-electron chi connectivity index (χ3n) is 3.14. The number of methoxy groups -OCH3 is 1. The number of benzene rings is 2. The van der Waals surface area contributed by atoms with Crippen molar-refractivity contribution < 1.29 is 9.13 Å². The molecule has 0 saturated carbocycles. The minimum absolute atomic E-state index is 0.280. The molecule has 1 N–H and O–H groups in total. The van der Waals surface area contributed by atoms with Gasteiger partial charge in [0.05, 0.1) is 17.1 Å². The molecule has 2 aromatic carbocycles. The van der Waals surface area contributed by atoms with Crippen LogP contribution in [0.3, 0.4) is 0 Å². The molecule has 0 aliphatic carbocycles. The van der Waals surface area contributed by atoms with Crippen molar-refractivity contribution in [2.45, 2.75) is 13.5 Å². The average Bonchev–Trinajstić information content (AvgIpc) is 2.49. The van der Waals surface area contributed by atoms with Crippen molar-refractivity contribution in [3.05, 3.63) is 57.3 Å². The molecule has 2 aromatic rings. The molecule has 108 valence electrons. The first-order chi connectivity index (χ1) is 10.0. The van der Waals surface area contributed by atoms with Gasteiger partial charge in [0, 0.05) is 12.2 Å². The molecule has 5 heteroatoms. The number of nitrogens with one attached hydrogen (secondary N) is 1. The minimum Gasteiger partial charge on any atom is -0.495 e. The number of aryl methyl sites for hydroxylation is 1. The first kappa shape index (κ1) is 15.3. The van der Waals surface area contributed by atoms with Crippen LogP contribution in [0.25, 0.3) is 0 Å². The van der Waals surface area contributed by atoms with E-state index in [-0.39, 0.29) is 5.82 Å². The highest BCUT2D eigenvalue weighted by molar-refractivity contribution is 9.10. The summed E-state index contributed by atoms with van der Waals surface area (Å²) in [5.41, 5.74) is 3.16. The molecule has 21 heavy (non-hydrogen) atoms. The van der Waals surface area contributed by atoms with Crippen molar-refractivity contribution in [1.29, 1.82) is 5.26 Å². The summed E-state index contributed by atoms with van der Waals surface area (Å²) in [7, 11) is 1.54. The van der Waals surface area contributed by atoms with E-state index >= 15 is 0 Å². The van der Waals surface area contributed by atoms with Crippen LogP contribution >= 0.6 is 15.9 Å². The Labute approximate surface area is 131 Å². The highest BCUT2D eigenvalue weighted by Crippen LogP contribution is 2.25. The van der Waals surface area contributed by atoms with Crippen LogP contribution < -0.4 is 10.1 Å². The largest absolute Gasteiger partial charge is 0.495 e. The molecule has 0 spiro atoms. The van der Waals surface area contributed by atoms with Crippen LogP contribution in [0.4, 0.5) is 10.1 Å². The van der Waals surface area contributed by atoms with Gasteiger partial charge in [-0.25, -0.2) is 4.39 Å². The number of halogens is 2. The first-order valence-corrected chi connectivity index (χ1v) is 7.11. The first-order valence-electron chi connectivity index (χ1n) is 6.31. The number of nitriles is 1. The fourth-order valence-corrected chi connectivity index (χ4v) is 2.32. The Morgan fingerprint density at radius 1 is 1.33 bits per heavy atom. The molecule has 0 aliphatic heterocycles. The molecule has 2 rings (SSSR count). The van der Waals surface area contributed by atoms with E-state index in [0.717, 1.165) is 16.8 Å². The predicted octanol–water partition coefficient (Wildman–Crippen LogP) is 4.39. The lowest BCUT2D eigenvalue weighted by Crippen LogP contribution is -2.02. The normalized spacial score (nSPS) is 10.0. The van der Waals surface area contributed by atoms with Gasteiger partial charge in [0.25, 0.3) is 0 Å². The van der Waals surface area contributed by atoms with Crippen molar-refractivity contribution in [1.82, 2.24) is 0 Å². The summed E-state index contributed by atoms with van der Waals surface area (Å²) in [6.45, 7) is 2.40. The van der Waals surface area contributed by atoms with E-state index in [1.54, 1.807) is 12.1 Å². The second-order valence-corrected chi connectivity index (χ2v) is 5.44. The Kier molecular flexibility index (Phi) is 4.81. The van der Waals surface area contributed by atoms with Crippen molar-refractivity contribution in [3.8, 4) is 11.8 Å². The lowest BCUT2D eigenvalue weighted by Gasteiger charge is -2.12. The van der Waals surface area contributed by atoms with Crippen LogP contribution in [-0.2, 0) is 6.54 Å². The Morgan fingerprint density at radius 3 is 2.76 bits per heavy atom. The quantitative estimate of drug-likeness (QED) is 0.891. The van der Waals surface area contributed by atoms with Gasteiger partial charge >= 0.3 is 0 Å². The monoisotopic (exact) mass is 348 g/mol. The van der Waals surface area contributed by atoms with Gasteiger partial charge in [-0.05, 0) is 58.2 Å². The maximum absolute atomic E-state index is 13.4. The highest BCUT2D eigenvalue weighted by atomic mass is 79.9. The van der Waals surface area contributed by atoms with E-state index in [9.17, 15) is 4.39 Å². The number of ether oxygens (including phenoxy) is 1. The van der Waals surface area contributed by atoms with Crippen LogP contribution in [-0.4, -0.2) is 7.11 Å². The van der Waals surface area contributed by atoms with Crippen LogP contribution in [0.2, 0.25) is 0 Å². The second-order valence-electron chi connectivity index (χ2n) is 4.58. The van der Waals surface area contributed by atoms with Crippen LogP contribution in [0.5, 0.6) is 5.75 Å². The van der Waals surface area contributed by atoms with Gasteiger partial charge < -0.3 is 10.1 Å². The number of nitrogens with zero attached hydrogens (tertiary/aromatic N) is 1. The molecule has 0 aromatic heterocycles. The number of rotatable bonds is 4. The Morgan fingerprint density at radius 2 is 2.10 bits per heavy atom. The third kappa shape index (κ3) is 3.53. The smallest absolute Gasteiger partial charge is 0.137 e. The maximum atomic E-state index is 13.4. The zero-order chi connectivity index (χ0) is 15.4. The fraction of sp³-hybridized carbons (Fsp3) is 0.188. The standard InChI is InChI=1S/C16H14BrFN2O/c1-10-5-14(18)13(17)7-15(10)20-9-11-3-4-12(8-19)16(6-11)21-2/h3-7,20H,9H2,1-2H3. The SMILES string of the molecule is COc1cc(CNc2cc(Br)c(F)cc2C)ccc1C#N. The van der Waals surface area contributed by atoms with Crippen molar-refractivity contribution in [3.63, 3.8) is 0 Å². The molecule has 0 amide bonds. The number of hydrogen-bond donors (Lipinski definition) is 1. The molecule has 3 nitrogen and oxygen atoms in total.